The van der Waals surface area contributed by atoms with E-state index < -0.39 is 8.80 Å². The van der Waals surface area contributed by atoms with Crippen molar-refractivity contribution >= 4 is 8.80 Å². The summed E-state index contributed by atoms with van der Waals surface area (Å²) in [5, 5.41) is 0. The van der Waals surface area contributed by atoms with Crippen LogP contribution in [0.2, 0.25) is 6.04 Å². The molecule has 0 amide bonds. The molecule has 0 saturated heterocycles. The van der Waals surface area contributed by atoms with E-state index in [0.717, 1.165) is 51.5 Å². The molecule has 0 aliphatic heterocycles. The van der Waals surface area contributed by atoms with Crippen molar-refractivity contribution in [3.8, 4) is 0 Å². The molecule has 0 radical (unpaired) electrons. The van der Waals surface area contributed by atoms with Gasteiger partial charge in [0.2, 0.25) is 0 Å². The van der Waals surface area contributed by atoms with Crippen molar-refractivity contribution in [2.75, 3.05) is 46.5 Å². The summed E-state index contributed by atoms with van der Waals surface area (Å²) in [5.41, 5.74) is 0. The summed E-state index contributed by atoms with van der Waals surface area (Å²) >= 11 is 0. The fourth-order valence-corrected chi connectivity index (χ4v) is 9.62. The van der Waals surface area contributed by atoms with Gasteiger partial charge in [-0.3, -0.25) is 0 Å². The summed E-state index contributed by atoms with van der Waals surface area (Å²) in [6, 6.07) is 0.970. The van der Waals surface area contributed by atoms with E-state index in [9.17, 15) is 0 Å². The molecular formula is C41H88NO3Si+. The van der Waals surface area contributed by atoms with Crippen molar-refractivity contribution in [1.82, 2.24) is 0 Å². The van der Waals surface area contributed by atoms with E-state index in [1.165, 1.54) is 178 Å². The van der Waals surface area contributed by atoms with Gasteiger partial charge >= 0.3 is 8.80 Å². The predicted molar refractivity (Wildman–Crippen MR) is 207 cm³/mol. The maximum absolute atomic E-state index is 6.44. The Labute approximate surface area is 292 Å². The van der Waals surface area contributed by atoms with Crippen LogP contribution < -0.4 is 0 Å². The molecule has 46 heavy (non-hydrogen) atoms. The molecule has 0 rings (SSSR count). The molecule has 0 spiro atoms. The standard InChI is InChI=1S/C41H88NO3Si/c1-7-12-14-16-18-20-22-24-26-28-30-32-35-42(6,36-33-31-29-27-25-23-21-19-17-15-13-8-2)37-34-41-46(43-38-9-3,44-39-10-4)45-40-11-5/h7-41H2,1-6H3/q+1. The zero-order chi connectivity index (χ0) is 33.9. The first kappa shape index (κ1) is 46.1. The zero-order valence-electron chi connectivity index (χ0n) is 32.9. The lowest BCUT2D eigenvalue weighted by Gasteiger charge is -2.36. The van der Waals surface area contributed by atoms with Crippen LogP contribution in [0.1, 0.15) is 214 Å². The minimum absolute atomic E-state index is 0.753. The summed E-state index contributed by atoms with van der Waals surface area (Å²) in [6.07, 6.45) is 38.4. The van der Waals surface area contributed by atoms with Crippen molar-refractivity contribution in [2.24, 2.45) is 0 Å². The second-order valence-corrected chi connectivity index (χ2v) is 17.6. The lowest BCUT2D eigenvalue weighted by atomic mass is 10.0. The van der Waals surface area contributed by atoms with Crippen LogP contribution in [0.5, 0.6) is 0 Å². The van der Waals surface area contributed by atoms with Gasteiger partial charge < -0.3 is 17.8 Å². The van der Waals surface area contributed by atoms with Crippen LogP contribution in [-0.2, 0) is 13.3 Å². The number of nitrogens with zero attached hydrogens (tertiary/aromatic N) is 1. The van der Waals surface area contributed by atoms with Gasteiger partial charge in [0.05, 0.1) is 26.7 Å². The van der Waals surface area contributed by atoms with Crippen molar-refractivity contribution in [3.05, 3.63) is 0 Å². The highest BCUT2D eigenvalue weighted by Crippen LogP contribution is 2.23. The average Bonchev–Trinajstić information content (AvgIpc) is 3.06. The molecule has 0 fully saturated rings. The summed E-state index contributed by atoms with van der Waals surface area (Å²) in [6.45, 7) is 17.3. The van der Waals surface area contributed by atoms with Crippen LogP contribution in [0.3, 0.4) is 0 Å². The molecule has 0 bridgehead atoms. The molecular weight excluding hydrogens is 583 g/mol. The summed E-state index contributed by atoms with van der Waals surface area (Å²) in [4.78, 5) is 0. The van der Waals surface area contributed by atoms with Gasteiger partial charge in [0.25, 0.3) is 0 Å². The number of hydrogen-bond acceptors (Lipinski definition) is 3. The second kappa shape index (κ2) is 34.9. The smallest absolute Gasteiger partial charge is 0.373 e. The van der Waals surface area contributed by atoms with Gasteiger partial charge in [0.15, 0.2) is 0 Å². The van der Waals surface area contributed by atoms with E-state index in [2.05, 4.69) is 41.7 Å². The maximum atomic E-state index is 6.44. The molecule has 278 valence electrons. The zero-order valence-corrected chi connectivity index (χ0v) is 33.9. The van der Waals surface area contributed by atoms with E-state index >= 15 is 0 Å². The number of unbranched alkanes of at least 4 members (excludes halogenated alkanes) is 22. The van der Waals surface area contributed by atoms with Gasteiger partial charge in [0.1, 0.15) is 0 Å². The molecule has 0 aliphatic carbocycles. The van der Waals surface area contributed by atoms with E-state index in [-0.39, 0.29) is 0 Å². The molecule has 0 unspecified atom stereocenters. The monoisotopic (exact) mass is 671 g/mol. The highest BCUT2D eigenvalue weighted by Gasteiger charge is 2.41. The molecule has 5 heteroatoms. The topological polar surface area (TPSA) is 27.7 Å². The van der Waals surface area contributed by atoms with Crippen LogP contribution in [0.25, 0.3) is 0 Å². The fourth-order valence-electron chi connectivity index (χ4n) is 6.80. The summed E-state index contributed by atoms with van der Waals surface area (Å²) in [7, 11) is -0.0593. The van der Waals surface area contributed by atoms with Crippen molar-refractivity contribution < 1.29 is 17.8 Å². The van der Waals surface area contributed by atoms with Crippen LogP contribution in [-0.4, -0.2) is 59.8 Å². The van der Waals surface area contributed by atoms with Gasteiger partial charge in [-0.25, -0.2) is 0 Å². The maximum Gasteiger partial charge on any atom is 0.501 e. The minimum atomic E-state index is -2.61. The van der Waals surface area contributed by atoms with Gasteiger partial charge in [-0.1, -0.05) is 163 Å². The summed E-state index contributed by atoms with van der Waals surface area (Å²) in [5.74, 6) is 0. The first-order valence-corrected chi connectivity index (χ1v) is 23.2. The van der Waals surface area contributed by atoms with E-state index in [0.29, 0.717) is 0 Å². The van der Waals surface area contributed by atoms with E-state index in [1.54, 1.807) is 0 Å². The molecule has 0 aliphatic rings. The largest absolute Gasteiger partial charge is 0.501 e. The van der Waals surface area contributed by atoms with Crippen molar-refractivity contribution in [1.29, 1.82) is 0 Å². The molecule has 0 saturated carbocycles. The van der Waals surface area contributed by atoms with Crippen LogP contribution >= 0.6 is 0 Å². The van der Waals surface area contributed by atoms with Crippen molar-refractivity contribution in [2.45, 2.75) is 220 Å². The molecule has 0 aromatic heterocycles. The Morgan fingerprint density at radius 1 is 0.326 bits per heavy atom. The van der Waals surface area contributed by atoms with E-state index in [1.807, 2.05) is 0 Å². The number of quaternary nitrogens is 1. The van der Waals surface area contributed by atoms with Gasteiger partial charge in [-0.15, -0.1) is 0 Å². The Balaban J connectivity index is 4.70. The quantitative estimate of drug-likeness (QED) is 0.0370. The average molecular weight is 671 g/mol. The molecule has 0 aromatic rings. The SMILES string of the molecule is CCCCCCCCCCCCCC[N+](C)(CCCCCCCCCCCCCC)CCC[Si](OCCC)(OCCC)OCCC. The highest BCUT2D eigenvalue weighted by atomic mass is 28.4. The Bertz CT molecular complexity index is 540. The van der Waals surface area contributed by atoms with E-state index in [4.69, 9.17) is 13.3 Å². The lowest BCUT2D eigenvalue weighted by Crippen LogP contribution is -2.50. The number of hydrogen-bond donors (Lipinski definition) is 0. The minimum Gasteiger partial charge on any atom is -0.373 e. The molecule has 0 heterocycles. The van der Waals surface area contributed by atoms with Crippen molar-refractivity contribution in [3.63, 3.8) is 0 Å². The van der Waals surface area contributed by atoms with Crippen LogP contribution in [0.4, 0.5) is 0 Å². The highest BCUT2D eigenvalue weighted by molar-refractivity contribution is 6.60. The number of rotatable bonds is 39. The third-order valence-corrected chi connectivity index (χ3v) is 12.8. The molecule has 4 nitrogen and oxygen atoms in total. The second-order valence-electron chi connectivity index (χ2n) is 14.9. The van der Waals surface area contributed by atoms with Crippen LogP contribution in [0.15, 0.2) is 0 Å². The predicted octanol–water partition coefficient (Wildman–Crippen LogP) is 13.4. The normalized spacial score (nSPS) is 12.4. The Morgan fingerprint density at radius 2 is 0.587 bits per heavy atom. The Hall–Kier alpha value is 0.0569. The molecule has 0 N–H and O–H groups in total. The molecule has 0 atom stereocenters. The fraction of sp³-hybridized carbons (Fsp3) is 1.00. The lowest BCUT2D eigenvalue weighted by molar-refractivity contribution is -0.910. The third kappa shape index (κ3) is 29.0. The van der Waals surface area contributed by atoms with Gasteiger partial charge in [-0.2, -0.15) is 0 Å². The Morgan fingerprint density at radius 3 is 0.870 bits per heavy atom. The first-order chi connectivity index (χ1) is 22.5. The third-order valence-electron chi connectivity index (χ3n) is 9.86. The Kier molecular flexibility index (Phi) is 34.9. The first-order valence-electron chi connectivity index (χ1n) is 21.3. The van der Waals surface area contributed by atoms with Crippen LogP contribution in [0, 0.1) is 0 Å². The van der Waals surface area contributed by atoms with Gasteiger partial charge in [0, 0.05) is 32.3 Å². The molecule has 0 aromatic carbocycles. The summed E-state index contributed by atoms with van der Waals surface area (Å²) < 4.78 is 20.5. The van der Waals surface area contributed by atoms with Gasteiger partial charge in [-0.05, 0) is 44.9 Å².